The number of hydrogen-bond acceptors (Lipinski definition) is 5. The first kappa shape index (κ1) is 21.7. The van der Waals surface area contributed by atoms with Gasteiger partial charge in [-0.2, -0.15) is 8.61 Å². The fourth-order valence-electron chi connectivity index (χ4n) is 2.93. The summed E-state index contributed by atoms with van der Waals surface area (Å²) in [7, 11) is 0. The van der Waals surface area contributed by atoms with E-state index in [9.17, 15) is 14.4 Å². The van der Waals surface area contributed by atoms with Gasteiger partial charge in [0.1, 0.15) is 5.57 Å². The Morgan fingerprint density at radius 1 is 0.793 bits per heavy atom. The molecule has 1 aliphatic heterocycles. The lowest BCUT2D eigenvalue weighted by Crippen LogP contribution is -2.51. The Balaban J connectivity index is 2.28. The topological polar surface area (TPSA) is 57.7 Å². The molecule has 0 aliphatic carbocycles. The first-order valence-corrected chi connectivity index (χ1v) is 11.7. The van der Waals surface area contributed by atoms with E-state index in [1.54, 1.807) is 0 Å². The summed E-state index contributed by atoms with van der Waals surface area (Å²) in [6.45, 7) is 3.71. The summed E-state index contributed by atoms with van der Waals surface area (Å²) < 4.78 is 3.06. The lowest BCUT2D eigenvalue weighted by molar-refractivity contribution is -0.129. The molecule has 0 bridgehead atoms. The van der Waals surface area contributed by atoms with Crippen LogP contribution in [-0.4, -0.2) is 38.0 Å². The molecule has 8 heteroatoms. The van der Waals surface area contributed by atoms with Gasteiger partial charge < -0.3 is 0 Å². The third-order valence-corrected chi connectivity index (χ3v) is 6.31. The molecule has 1 aliphatic rings. The van der Waals surface area contributed by atoms with Crippen molar-refractivity contribution in [3.05, 3.63) is 75.8 Å². The number of benzene rings is 2. The van der Waals surface area contributed by atoms with Gasteiger partial charge >= 0.3 is 6.03 Å². The van der Waals surface area contributed by atoms with E-state index in [2.05, 4.69) is 15.9 Å². The highest BCUT2D eigenvalue weighted by Gasteiger charge is 2.44. The molecule has 0 unspecified atom stereocenters. The van der Waals surface area contributed by atoms with Crippen molar-refractivity contribution in [2.75, 3.05) is 11.5 Å². The quantitative estimate of drug-likeness (QED) is 0.309. The summed E-state index contributed by atoms with van der Waals surface area (Å²) in [6, 6.07) is 16.1. The fourth-order valence-corrected chi connectivity index (χ4v) is 4.56. The Labute approximate surface area is 186 Å². The molecule has 3 rings (SSSR count). The Hall–Kier alpha value is -2.03. The van der Waals surface area contributed by atoms with Crippen molar-refractivity contribution in [2.45, 2.75) is 13.8 Å². The third-order valence-electron chi connectivity index (χ3n) is 4.11. The molecule has 1 fully saturated rings. The predicted octanol–water partition coefficient (Wildman–Crippen LogP) is 5.38. The van der Waals surface area contributed by atoms with E-state index in [4.69, 9.17) is 0 Å². The van der Waals surface area contributed by atoms with Crippen LogP contribution >= 0.6 is 39.8 Å². The van der Waals surface area contributed by atoms with E-state index < -0.39 is 17.8 Å². The Bertz CT molecular complexity index is 932. The van der Waals surface area contributed by atoms with Crippen LogP contribution in [0.15, 0.2) is 64.6 Å². The minimum atomic E-state index is -0.606. The van der Waals surface area contributed by atoms with Crippen LogP contribution in [0.3, 0.4) is 0 Å². The second kappa shape index (κ2) is 9.65. The minimum Gasteiger partial charge on any atom is -0.267 e. The van der Waals surface area contributed by atoms with Crippen molar-refractivity contribution in [3.8, 4) is 0 Å². The molecule has 4 amide bonds. The highest BCUT2D eigenvalue weighted by molar-refractivity contribution is 9.10. The van der Waals surface area contributed by atoms with Gasteiger partial charge in [-0.05, 0) is 47.2 Å². The number of halogens is 1. The van der Waals surface area contributed by atoms with Crippen LogP contribution in [-0.2, 0) is 9.59 Å². The average molecular weight is 491 g/mol. The summed E-state index contributed by atoms with van der Waals surface area (Å²) in [5.41, 5.74) is 1.99. The van der Waals surface area contributed by atoms with Gasteiger partial charge in [0.15, 0.2) is 0 Å². The van der Waals surface area contributed by atoms with Crippen LogP contribution in [0.2, 0.25) is 0 Å². The largest absolute Gasteiger partial charge is 0.354 e. The minimum absolute atomic E-state index is 0.0000208. The van der Waals surface area contributed by atoms with Gasteiger partial charge in [0, 0.05) is 21.6 Å². The molecule has 0 atom stereocenters. The zero-order valence-corrected chi connectivity index (χ0v) is 19.1. The number of urea groups is 1. The Morgan fingerprint density at radius 2 is 1.28 bits per heavy atom. The summed E-state index contributed by atoms with van der Waals surface area (Å²) in [6.07, 6.45) is 0. The molecule has 1 heterocycles. The van der Waals surface area contributed by atoms with E-state index in [-0.39, 0.29) is 5.57 Å². The number of rotatable bonds is 6. The van der Waals surface area contributed by atoms with Crippen LogP contribution in [0.5, 0.6) is 0 Å². The highest BCUT2D eigenvalue weighted by Crippen LogP contribution is 2.36. The van der Waals surface area contributed by atoms with Crippen LogP contribution in [0.4, 0.5) is 4.79 Å². The van der Waals surface area contributed by atoms with Gasteiger partial charge in [-0.1, -0.05) is 72.2 Å². The van der Waals surface area contributed by atoms with Crippen LogP contribution in [0.1, 0.15) is 25.0 Å². The zero-order valence-electron chi connectivity index (χ0n) is 15.9. The van der Waals surface area contributed by atoms with E-state index in [0.717, 1.165) is 48.1 Å². The Kier molecular flexibility index (Phi) is 7.21. The number of barbiturate groups is 1. The molecule has 0 radical (unpaired) electrons. The van der Waals surface area contributed by atoms with Crippen molar-refractivity contribution >= 4 is 63.2 Å². The molecule has 0 spiro atoms. The van der Waals surface area contributed by atoms with E-state index in [0.29, 0.717) is 17.1 Å². The molecular weight excluding hydrogens is 472 g/mol. The standard InChI is InChI=1S/C21H19BrN2O3S2/c1-3-28-23-19(25)18(20(26)24(21(23)27)29-4-2)17(14-8-6-5-7-9-14)15-10-12-16(22)13-11-15/h5-13H,3-4H2,1-2H3. The second-order valence-electron chi connectivity index (χ2n) is 5.94. The molecule has 0 aromatic heterocycles. The molecule has 1 saturated heterocycles. The van der Waals surface area contributed by atoms with Crippen LogP contribution < -0.4 is 0 Å². The number of hydrogen-bond donors (Lipinski definition) is 0. The van der Waals surface area contributed by atoms with E-state index in [1.165, 1.54) is 0 Å². The predicted molar refractivity (Wildman–Crippen MR) is 122 cm³/mol. The Morgan fingerprint density at radius 3 is 1.76 bits per heavy atom. The SMILES string of the molecule is CCSN1C(=O)C(=C(c2ccccc2)c2ccc(Br)cc2)C(=O)N(SCC)C1=O. The summed E-state index contributed by atoms with van der Waals surface area (Å²) in [4.78, 5) is 39.4. The second-order valence-corrected chi connectivity index (χ2v) is 9.26. The third kappa shape index (κ3) is 4.44. The van der Waals surface area contributed by atoms with Gasteiger partial charge in [0.05, 0.1) is 0 Å². The molecule has 2 aromatic carbocycles. The van der Waals surface area contributed by atoms with Crippen molar-refractivity contribution in [1.29, 1.82) is 0 Å². The van der Waals surface area contributed by atoms with Crippen molar-refractivity contribution in [2.24, 2.45) is 0 Å². The normalized spacial score (nSPS) is 14.6. The van der Waals surface area contributed by atoms with Crippen molar-refractivity contribution in [1.82, 2.24) is 8.61 Å². The molecule has 29 heavy (non-hydrogen) atoms. The summed E-state index contributed by atoms with van der Waals surface area (Å²) in [5.74, 6) is -0.103. The molecule has 5 nitrogen and oxygen atoms in total. The number of carbonyl (C=O) groups excluding carboxylic acids is 3. The molecular formula is C21H19BrN2O3S2. The number of amides is 4. The van der Waals surface area contributed by atoms with Crippen LogP contribution in [0, 0.1) is 0 Å². The first-order chi connectivity index (χ1) is 14.0. The number of carbonyl (C=O) groups is 3. The van der Waals surface area contributed by atoms with E-state index >= 15 is 0 Å². The van der Waals surface area contributed by atoms with Gasteiger partial charge in [-0.3, -0.25) is 9.59 Å². The molecule has 0 N–H and O–H groups in total. The molecule has 0 saturated carbocycles. The maximum atomic E-state index is 13.3. The monoisotopic (exact) mass is 490 g/mol. The average Bonchev–Trinajstić information content (AvgIpc) is 2.73. The maximum absolute atomic E-state index is 13.3. The molecule has 150 valence electrons. The van der Waals surface area contributed by atoms with E-state index in [1.807, 2.05) is 68.4 Å². The van der Waals surface area contributed by atoms with Gasteiger partial charge in [-0.15, -0.1) is 0 Å². The van der Waals surface area contributed by atoms with Gasteiger partial charge in [-0.25, -0.2) is 4.79 Å². The highest BCUT2D eigenvalue weighted by atomic mass is 79.9. The van der Waals surface area contributed by atoms with Crippen molar-refractivity contribution in [3.63, 3.8) is 0 Å². The first-order valence-electron chi connectivity index (χ1n) is 9.03. The fraction of sp³-hybridized carbons (Fsp3) is 0.190. The number of nitrogens with zero attached hydrogens (tertiary/aromatic N) is 2. The van der Waals surface area contributed by atoms with Gasteiger partial charge in [0.25, 0.3) is 11.8 Å². The van der Waals surface area contributed by atoms with Gasteiger partial charge in [0.2, 0.25) is 0 Å². The zero-order chi connectivity index (χ0) is 21.0. The summed E-state index contributed by atoms with van der Waals surface area (Å²) >= 11 is 5.62. The number of imide groups is 2. The summed E-state index contributed by atoms with van der Waals surface area (Å²) in [5, 5.41) is 0. The van der Waals surface area contributed by atoms with Crippen LogP contribution in [0.25, 0.3) is 5.57 Å². The maximum Gasteiger partial charge on any atom is 0.354 e. The lowest BCUT2D eigenvalue weighted by atomic mass is 9.91. The van der Waals surface area contributed by atoms with Crippen molar-refractivity contribution < 1.29 is 14.4 Å². The lowest BCUT2D eigenvalue weighted by Gasteiger charge is -2.32. The smallest absolute Gasteiger partial charge is 0.267 e. The molecule has 2 aromatic rings.